The molecule has 4 nitrogen and oxygen atoms in total. The van der Waals surface area contributed by atoms with Crippen LogP contribution in [0.15, 0.2) is 36.4 Å². The Labute approximate surface area is 119 Å². The third kappa shape index (κ3) is 5.45. The molecule has 1 aromatic carbocycles. The predicted molar refractivity (Wildman–Crippen MR) is 78.1 cm³/mol. The standard InChI is InChI=1S/C16H22O4/c1-20-15-10-7-6-9-14(15)13(12-17)8-4-2-3-5-11-16(18)19/h2-3,6-7,9-10,13,17H,4-5,8,11-12H2,1H3,(H,18,19)/b3-2-. The van der Waals surface area contributed by atoms with Crippen LogP contribution in [0.4, 0.5) is 0 Å². The third-order valence-corrected chi connectivity index (χ3v) is 3.17. The van der Waals surface area contributed by atoms with Gasteiger partial charge in [-0.2, -0.15) is 0 Å². The lowest BCUT2D eigenvalue weighted by Crippen LogP contribution is -2.05. The number of aliphatic carboxylic acids is 1. The van der Waals surface area contributed by atoms with E-state index in [0.717, 1.165) is 24.2 Å². The quantitative estimate of drug-likeness (QED) is 0.681. The average Bonchev–Trinajstić information content (AvgIpc) is 2.46. The number of methoxy groups -OCH3 is 1. The molecule has 1 unspecified atom stereocenters. The molecular formula is C16H22O4. The smallest absolute Gasteiger partial charge is 0.303 e. The molecule has 0 saturated heterocycles. The maximum atomic E-state index is 10.4. The molecule has 0 spiro atoms. The van der Waals surface area contributed by atoms with Gasteiger partial charge in [-0.1, -0.05) is 30.4 Å². The van der Waals surface area contributed by atoms with Crippen molar-refractivity contribution in [3.05, 3.63) is 42.0 Å². The molecule has 0 radical (unpaired) electrons. The monoisotopic (exact) mass is 278 g/mol. The van der Waals surface area contributed by atoms with Gasteiger partial charge in [-0.05, 0) is 30.9 Å². The second-order valence-electron chi connectivity index (χ2n) is 4.60. The number of hydrogen-bond acceptors (Lipinski definition) is 3. The molecule has 1 atom stereocenters. The van der Waals surface area contributed by atoms with Gasteiger partial charge in [0, 0.05) is 12.3 Å². The summed E-state index contributed by atoms with van der Waals surface area (Å²) in [5.41, 5.74) is 1.01. The predicted octanol–water partition coefficient (Wildman–Crippen LogP) is 2.97. The first kappa shape index (κ1) is 16.2. The normalized spacial score (nSPS) is 12.5. The number of ether oxygens (including phenoxy) is 1. The number of benzene rings is 1. The Hall–Kier alpha value is -1.81. The van der Waals surface area contributed by atoms with Crippen LogP contribution in [0.25, 0.3) is 0 Å². The molecule has 0 bridgehead atoms. The number of allylic oxidation sites excluding steroid dienone is 2. The van der Waals surface area contributed by atoms with Gasteiger partial charge in [0.1, 0.15) is 5.75 Å². The molecule has 0 aromatic heterocycles. The first-order valence-electron chi connectivity index (χ1n) is 6.79. The summed E-state index contributed by atoms with van der Waals surface area (Å²) < 4.78 is 5.30. The zero-order chi connectivity index (χ0) is 14.8. The van der Waals surface area contributed by atoms with E-state index in [4.69, 9.17) is 9.84 Å². The second-order valence-corrected chi connectivity index (χ2v) is 4.60. The zero-order valence-electron chi connectivity index (χ0n) is 11.8. The zero-order valence-corrected chi connectivity index (χ0v) is 11.8. The van der Waals surface area contributed by atoms with Crippen LogP contribution in [0.5, 0.6) is 5.75 Å². The highest BCUT2D eigenvalue weighted by Crippen LogP contribution is 2.29. The van der Waals surface area contributed by atoms with E-state index in [-0.39, 0.29) is 18.9 Å². The maximum absolute atomic E-state index is 10.4. The Kier molecular flexibility index (Phi) is 7.43. The molecule has 0 amide bonds. The minimum Gasteiger partial charge on any atom is -0.496 e. The van der Waals surface area contributed by atoms with Gasteiger partial charge in [-0.15, -0.1) is 0 Å². The van der Waals surface area contributed by atoms with Crippen molar-refractivity contribution in [2.24, 2.45) is 0 Å². The Morgan fingerprint density at radius 3 is 2.65 bits per heavy atom. The van der Waals surface area contributed by atoms with Crippen LogP contribution in [0.3, 0.4) is 0 Å². The van der Waals surface area contributed by atoms with Crippen molar-refractivity contribution >= 4 is 5.97 Å². The van der Waals surface area contributed by atoms with E-state index >= 15 is 0 Å². The van der Waals surface area contributed by atoms with Gasteiger partial charge in [0.15, 0.2) is 0 Å². The van der Waals surface area contributed by atoms with Gasteiger partial charge in [0.25, 0.3) is 0 Å². The van der Waals surface area contributed by atoms with Gasteiger partial charge in [-0.25, -0.2) is 0 Å². The molecule has 0 aliphatic rings. The lowest BCUT2D eigenvalue weighted by Gasteiger charge is -2.16. The topological polar surface area (TPSA) is 66.8 Å². The number of carboxylic acid groups (broad SMARTS) is 1. The Balaban J connectivity index is 2.49. The highest BCUT2D eigenvalue weighted by molar-refractivity contribution is 5.66. The number of carbonyl (C=O) groups is 1. The van der Waals surface area contributed by atoms with Crippen LogP contribution in [0.1, 0.15) is 37.2 Å². The number of aliphatic hydroxyl groups is 1. The van der Waals surface area contributed by atoms with Crippen LogP contribution in [-0.2, 0) is 4.79 Å². The van der Waals surface area contributed by atoms with Gasteiger partial charge in [0.2, 0.25) is 0 Å². The SMILES string of the molecule is COc1ccccc1C(CO)CC/C=C\CCC(=O)O. The van der Waals surface area contributed by atoms with Crippen molar-refractivity contribution in [3.63, 3.8) is 0 Å². The van der Waals surface area contributed by atoms with E-state index in [0.29, 0.717) is 6.42 Å². The van der Waals surface area contributed by atoms with Crippen molar-refractivity contribution in [2.45, 2.75) is 31.6 Å². The summed E-state index contributed by atoms with van der Waals surface area (Å²) in [6.45, 7) is 0.0728. The molecule has 110 valence electrons. The van der Waals surface area contributed by atoms with Gasteiger partial charge in [0.05, 0.1) is 13.7 Å². The average molecular weight is 278 g/mol. The van der Waals surface area contributed by atoms with Crippen LogP contribution in [0.2, 0.25) is 0 Å². The third-order valence-electron chi connectivity index (χ3n) is 3.17. The van der Waals surface area contributed by atoms with Gasteiger partial charge >= 0.3 is 5.97 Å². The van der Waals surface area contributed by atoms with Crippen molar-refractivity contribution in [1.82, 2.24) is 0 Å². The highest BCUT2D eigenvalue weighted by atomic mass is 16.5. The first-order chi connectivity index (χ1) is 9.69. The number of hydrogen-bond donors (Lipinski definition) is 2. The molecule has 0 saturated carbocycles. The molecule has 2 N–H and O–H groups in total. The summed E-state index contributed by atoms with van der Waals surface area (Å²) in [6.07, 6.45) is 6.18. The molecular weight excluding hydrogens is 256 g/mol. The van der Waals surface area contributed by atoms with E-state index in [1.807, 2.05) is 36.4 Å². The second kappa shape index (κ2) is 9.15. The summed E-state index contributed by atoms with van der Waals surface area (Å²) in [5, 5.41) is 18.0. The van der Waals surface area contributed by atoms with Gasteiger partial charge < -0.3 is 14.9 Å². The summed E-state index contributed by atoms with van der Waals surface area (Å²) in [6, 6.07) is 7.69. The molecule has 1 aromatic rings. The summed E-state index contributed by atoms with van der Waals surface area (Å²) in [7, 11) is 1.62. The summed E-state index contributed by atoms with van der Waals surface area (Å²) >= 11 is 0. The van der Waals surface area contributed by atoms with E-state index in [9.17, 15) is 9.90 Å². The summed E-state index contributed by atoms with van der Waals surface area (Å²) in [5.74, 6) is 0.0496. The molecule has 0 aliphatic heterocycles. The van der Waals surface area contributed by atoms with Crippen LogP contribution < -0.4 is 4.74 Å². The van der Waals surface area contributed by atoms with Crippen molar-refractivity contribution in [1.29, 1.82) is 0 Å². The molecule has 0 heterocycles. The van der Waals surface area contributed by atoms with Crippen LogP contribution in [0, 0.1) is 0 Å². The Bertz CT molecular complexity index is 440. The van der Waals surface area contributed by atoms with Crippen LogP contribution in [-0.4, -0.2) is 29.9 Å². The number of aliphatic hydroxyl groups excluding tert-OH is 1. The number of carboxylic acids is 1. The minimum atomic E-state index is -0.781. The minimum absolute atomic E-state index is 0.0373. The highest BCUT2D eigenvalue weighted by Gasteiger charge is 2.13. The van der Waals surface area contributed by atoms with E-state index in [1.165, 1.54) is 0 Å². The fourth-order valence-corrected chi connectivity index (χ4v) is 2.09. The number of para-hydroxylation sites is 1. The van der Waals surface area contributed by atoms with E-state index in [1.54, 1.807) is 7.11 Å². The molecule has 20 heavy (non-hydrogen) atoms. The van der Waals surface area contributed by atoms with E-state index < -0.39 is 5.97 Å². The van der Waals surface area contributed by atoms with Crippen LogP contribution >= 0.6 is 0 Å². The molecule has 4 heteroatoms. The van der Waals surface area contributed by atoms with Crippen molar-refractivity contribution in [3.8, 4) is 5.75 Å². The molecule has 1 rings (SSSR count). The van der Waals surface area contributed by atoms with E-state index in [2.05, 4.69) is 0 Å². The molecule has 0 fully saturated rings. The summed E-state index contributed by atoms with van der Waals surface area (Å²) in [4.78, 5) is 10.4. The maximum Gasteiger partial charge on any atom is 0.303 e. The van der Waals surface area contributed by atoms with Gasteiger partial charge in [-0.3, -0.25) is 4.79 Å². The lowest BCUT2D eigenvalue weighted by molar-refractivity contribution is -0.136. The Morgan fingerprint density at radius 2 is 2.00 bits per heavy atom. The van der Waals surface area contributed by atoms with Crippen molar-refractivity contribution < 1.29 is 19.7 Å². The largest absolute Gasteiger partial charge is 0.496 e. The first-order valence-corrected chi connectivity index (χ1v) is 6.79. The number of rotatable bonds is 9. The Morgan fingerprint density at radius 1 is 1.30 bits per heavy atom. The lowest BCUT2D eigenvalue weighted by atomic mass is 9.94. The fourth-order valence-electron chi connectivity index (χ4n) is 2.09. The fraction of sp³-hybridized carbons (Fsp3) is 0.438. The molecule has 0 aliphatic carbocycles. The van der Waals surface area contributed by atoms with Crippen molar-refractivity contribution in [2.75, 3.05) is 13.7 Å².